The van der Waals surface area contributed by atoms with Crippen LogP contribution >= 0.6 is 0 Å². The minimum Gasteiger partial charge on any atom is -0.397 e. The summed E-state index contributed by atoms with van der Waals surface area (Å²) >= 11 is 0. The molecule has 1 aromatic heterocycles. The monoisotopic (exact) mass is 377 g/mol. The third-order valence-corrected chi connectivity index (χ3v) is 5.54. The number of nitriles is 1. The highest BCUT2D eigenvalue weighted by Crippen LogP contribution is 2.33. The number of hydrogen-bond donors (Lipinski definition) is 3. The highest BCUT2D eigenvalue weighted by Gasteiger charge is 2.28. The van der Waals surface area contributed by atoms with Crippen molar-refractivity contribution in [3.8, 4) is 6.07 Å². The second kappa shape index (κ2) is 8.03. The molecule has 2 aromatic rings. The largest absolute Gasteiger partial charge is 0.397 e. The van der Waals surface area contributed by atoms with Gasteiger partial charge in [-0.1, -0.05) is 13.0 Å². The van der Waals surface area contributed by atoms with Gasteiger partial charge < -0.3 is 21.3 Å². The first kappa shape index (κ1) is 18.5. The number of rotatable bonds is 6. The van der Waals surface area contributed by atoms with Crippen molar-refractivity contribution in [2.45, 2.75) is 45.1 Å². The van der Waals surface area contributed by atoms with E-state index in [4.69, 9.17) is 15.7 Å². The number of hydrogen-bond acceptors (Lipinski definition) is 7. The van der Waals surface area contributed by atoms with E-state index in [1.165, 1.54) is 5.56 Å². The number of fused-ring (bicyclic) bond motifs is 1. The van der Waals surface area contributed by atoms with Crippen molar-refractivity contribution in [1.82, 2.24) is 15.3 Å². The van der Waals surface area contributed by atoms with Crippen molar-refractivity contribution >= 4 is 23.1 Å². The molecule has 146 valence electrons. The predicted octanol–water partition coefficient (Wildman–Crippen LogP) is 2.74. The second-order valence-corrected chi connectivity index (χ2v) is 7.54. The van der Waals surface area contributed by atoms with Gasteiger partial charge in [0.25, 0.3) is 0 Å². The number of anilines is 4. The zero-order valence-corrected chi connectivity index (χ0v) is 16.3. The molecule has 7 heteroatoms. The Morgan fingerprint density at radius 2 is 2.21 bits per heavy atom. The second-order valence-electron chi connectivity index (χ2n) is 7.54. The SMILES string of the molecule is CCCN[C@H]1CCN(c2nc(Nc3c(N)cccc3C#N)nc3c2CCC3)C1. The molecule has 1 aliphatic carbocycles. The first-order valence-corrected chi connectivity index (χ1v) is 10.1. The Bertz CT molecular complexity index is 902. The average Bonchev–Trinajstić information content (AvgIpc) is 3.36. The highest BCUT2D eigenvalue weighted by atomic mass is 15.3. The van der Waals surface area contributed by atoms with Crippen LogP contribution < -0.4 is 21.3 Å². The van der Waals surface area contributed by atoms with Crippen molar-refractivity contribution in [2.24, 2.45) is 0 Å². The smallest absolute Gasteiger partial charge is 0.229 e. The Morgan fingerprint density at radius 3 is 3.04 bits per heavy atom. The fraction of sp³-hybridized carbons (Fsp3) is 0.476. The van der Waals surface area contributed by atoms with Gasteiger partial charge in [0, 0.05) is 24.7 Å². The van der Waals surface area contributed by atoms with Crippen LogP contribution in [-0.2, 0) is 12.8 Å². The number of nitrogens with zero attached hydrogens (tertiary/aromatic N) is 4. The Morgan fingerprint density at radius 1 is 1.32 bits per heavy atom. The maximum absolute atomic E-state index is 9.40. The third-order valence-electron chi connectivity index (χ3n) is 5.54. The summed E-state index contributed by atoms with van der Waals surface area (Å²) in [6.45, 7) is 5.22. The Balaban J connectivity index is 1.63. The number of nitrogens with one attached hydrogen (secondary N) is 2. The summed E-state index contributed by atoms with van der Waals surface area (Å²) in [5.74, 6) is 1.56. The molecule has 0 unspecified atom stereocenters. The fourth-order valence-electron chi connectivity index (χ4n) is 4.11. The Labute approximate surface area is 166 Å². The molecule has 1 aliphatic heterocycles. The van der Waals surface area contributed by atoms with Gasteiger partial charge in [-0.3, -0.25) is 0 Å². The Kier molecular flexibility index (Phi) is 5.31. The van der Waals surface area contributed by atoms with Gasteiger partial charge >= 0.3 is 0 Å². The van der Waals surface area contributed by atoms with Gasteiger partial charge in [0.1, 0.15) is 11.9 Å². The van der Waals surface area contributed by atoms with Crippen LogP contribution in [0.4, 0.5) is 23.1 Å². The van der Waals surface area contributed by atoms with Crippen LogP contribution in [0.1, 0.15) is 43.0 Å². The quantitative estimate of drug-likeness (QED) is 0.665. The summed E-state index contributed by atoms with van der Waals surface area (Å²) < 4.78 is 0. The molecule has 0 amide bonds. The lowest BCUT2D eigenvalue weighted by atomic mass is 10.1. The lowest BCUT2D eigenvalue weighted by Gasteiger charge is -2.22. The summed E-state index contributed by atoms with van der Waals surface area (Å²) in [6.07, 6.45) is 5.40. The van der Waals surface area contributed by atoms with E-state index in [9.17, 15) is 5.26 Å². The standard InChI is InChI=1S/C21H27N7/c1-2-10-24-15-9-11-28(13-15)20-16-6-4-8-18(16)25-21(27-20)26-19-14(12-22)5-3-7-17(19)23/h3,5,7,15,24H,2,4,6,8-11,13,23H2,1H3,(H,25,26,27)/t15-/m0/s1. The molecule has 2 heterocycles. The molecule has 7 nitrogen and oxygen atoms in total. The summed E-state index contributed by atoms with van der Waals surface area (Å²) in [7, 11) is 0. The van der Waals surface area contributed by atoms with Crippen LogP contribution in [-0.4, -0.2) is 35.6 Å². The molecule has 1 saturated heterocycles. The first-order chi connectivity index (χ1) is 13.7. The molecule has 2 aliphatic rings. The lowest BCUT2D eigenvalue weighted by Crippen LogP contribution is -2.33. The van der Waals surface area contributed by atoms with Crippen molar-refractivity contribution in [2.75, 3.05) is 35.6 Å². The summed E-state index contributed by atoms with van der Waals surface area (Å²) in [5.41, 5.74) is 10.1. The van der Waals surface area contributed by atoms with Crippen LogP contribution in [0.15, 0.2) is 18.2 Å². The predicted molar refractivity (Wildman–Crippen MR) is 112 cm³/mol. The molecule has 0 saturated carbocycles. The number of benzene rings is 1. The number of nitrogens with two attached hydrogens (primary N) is 1. The minimum absolute atomic E-state index is 0.496. The molecule has 28 heavy (non-hydrogen) atoms. The van der Waals surface area contributed by atoms with Gasteiger partial charge in [-0.25, -0.2) is 4.98 Å². The summed E-state index contributed by atoms with van der Waals surface area (Å²) in [6, 6.07) is 8.01. The topological polar surface area (TPSA) is 103 Å². The lowest BCUT2D eigenvalue weighted by molar-refractivity contribution is 0.549. The van der Waals surface area contributed by atoms with Gasteiger partial charge in [0.2, 0.25) is 5.95 Å². The fourth-order valence-corrected chi connectivity index (χ4v) is 4.11. The van der Waals surface area contributed by atoms with E-state index in [1.54, 1.807) is 18.2 Å². The molecule has 0 bridgehead atoms. The van der Waals surface area contributed by atoms with Gasteiger partial charge in [0.05, 0.1) is 22.6 Å². The summed E-state index contributed by atoms with van der Waals surface area (Å²) in [5, 5.41) is 16.2. The van der Waals surface area contributed by atoms with E-state index in [2.05, 4.69) is 28.5 Å². The van der Waals surface area contributed by atoms with Crippen molar-refractivity contribution in [1.29, 1.82) is 5.26 Å². The van der Waals surface area contributed by atoms with Gasteiger partial charge in [0.15, 0.2) is 0 Å². The van der Waals surface area contributed by atoms with Crippen LogP contribution in [0.2, 0.25) is 0 Å². The van der Waals surface area contributed by atoms with E-state index in [0.29, 0.717) is 28.9 Å². The molecule has 4 N–H and O–H groups in total. The molecular weight excluding hydrogens is 350 g/mol. The van der Waals surface area contributed by atoms with Crippen molar-refractivity contribution in [3.05, 3.63) is 35.0 Å². The third kappa shape index (κ3) is 3.60. The normalized spacial score (nSPS) is 18.1. The van der Waals surface area contributed by atoms with E-state index in [-0.39, 0.29) is 0 Å². The molecule has 0 radical (unpaired) electrons. The molecule has 1 fully saturated rings. The molecule has 1 aromatic carbocycles. The van der Waals surface area contributed by atoms with Gasteiger partial charge in [-0.05, 0) is 50.8 Å². The minimum atomic E-state index is 0.496. The molecular formula is C21H27N7. The number of aromatic nitrogens is 2. The van der Waals surface area contributed by atoms with Crippen LogP contribution in [0.5, 0.6) is 0 Å². The van der Waals surface area contributed by atoms with Crippen LogP contribution in [0.25, 0.3) is 0 Å². The number of nitrogen functional groups attached to an aromatic ring is 1. The molecule has 1 atom stereocenters. The first-order valence-electron chi connectivity index (χ1n) is 10.1. The highest BCUT2D eigenvalue weighted by molar-refractivity contribution is 5.77. The maximum atomic E-state index is 9.40. The van der Waals surface area contributed by atoms with E-state index >= 15 is 0 Å². The zero-order chi connectivity index (χ0) is 19.5. The number of para-hydroxylation sites is 1. The average molecular weight is 377 g/mol. The van der Waals surface area contributed by atoms with Crippen molar-refractivity contribution in [3.63, 3.8) is 0 Å². The van der Waals surface area contributed by atoms with Gasteiger partial charge in [-0.15, -0.1) is 0 Å². The maximum Gasteiger partial charge on any atom is 0.229 e. The van der Waals surface area contributed by atoms with Gasteiger partial charge in [-0.2, -0.15) is 10.2 Å². The number of aryl methyl sites for hydroxylation is 1. The van der Waals surface area contributed by atoms with E-state index in [1.807, 2.05) is 0 Å². The van der Waals surface area contributed by atoms with Crippen molar-refractivity contribution < 1.29 is 0 Å². The molecule has 4 rings (SSSR count). The van der Waals surface area contributed by atoms with E-state index < -0.39 is 0 Å². The van der Waals surface area contributed by atoms with Crippen LogP contribution in [0, 0.1) is 11.3 Å². The molecule has 0 spiro atoms. The van der Waals surface area contributed by atoms with Crippen LogP contribution in [0.3, 0.4) is 0 Å². The Hall–Kier alpha value is -2.85. The zero-order valence-electron chi connectivity index (χ0n) is 16.3. The van der Waals surface area contributed by atoms with E-state index in [0.717, 1.165) is 63.3 Å². The summed E-state index contributed by atoms with van der Waals surface area (Å²) in [4.78, 5) is 12.0.